The van der Waals surface area contributed by atoms with Crippen LogP contribution in [-0.2, 0) is 38.1 Å². The second kappa shape index (κ2) is 20.9. The summed E-state index contributed by atoms with van der Waals surface area (Å²) >= 11 is 3.24. The third kappa shape index (κ3) is 16.2. The molecule has 4 unspecified atom stereocenters. The van der Waals surface area contributed by atoms with Crippen molar-refractivity contribution in [3.8, 4) is 0 Å². The summed E-state index contributed by atoms with van der Waals surface area (Å²) in [4.78, 5) is 62.3. The number of hydrogen-bond acceptors (Lipinski definition) is 9. The van der Waals surface area contributed by atoms with E-state index in [-0.39, 0.29) is 61.5 Å². The fourth-order valence-electron chi connectivity index (χ4n) is 3.95. The van der Waals surface area contributed by atoms with Crippen molar-refractivity contribution in [2.75, 3.05) is 12.4 Å². The van der Waals surface area contributed by atoms with Crippen LogP contribution in [0.2, 0.25) is 0 Å². The van der Waals surface area contributed by atoms with E-state index in [9.17, 15) is 24.0 Å². The van der Waals surface area contributed by atoms with E-state index in [0.29, 0.717) is 18.4 Å². The van der Waals surface area contributed by atoms with Crippen LogP contribution < -0.4 is 0 Å². The summed E-state index contributed by atoms with van der Waals surface area (Å²) in [5.41, 5.74) is 0.511. The van der Waals surface area contributed by atoms with Gasteiger partial charge in [-0.2, -0.15) is 0 Å². The summed E-state index contributed by atoms with van der Waals surface area (Å²) in [6, 6.07) is 8.68. The maximum atomic E-state index is 13.0. The number of carbonyl (C=O) groups excluding carboxylic acids is 5. The Balaban J connectivity index is 2.95. The molecule has 0 fully saturated rings. The monoisotopic (exact) mass is 638 g/mol. The number of allylic oxidation sites excluding steroid dienone is 1. The molecular weight excluding hydrogens is 596 g/mol. The summed E-state index contributed by atoms with van der Waals surface area (Å²) in [6.07, 6.45) is 2.54. The van der Waals surface area contributed by atoms with Gasteiger partial charge in [-0.1, -0.05) is 72.3 Å². The third-order valence-electron chi connectivity index (χ3n) is 6.14. The van der Waals surface area contributed by atoms with E-state index < -0.39 is 36.2 Å². The molecule has 0 aliphatic carbocycles. The van der Waals surface area contributed by atoms with Crippen molar-refractivity contribution in [2.24, 2.45) is 0 Å². The van der Waals surface area contributed by atoms with E-state index in [4.69, 9.17) is 18.9 Å². The zero-order chi connectivity index (χ0) is 30.6. The number of methoxy groups -OCH3 is 1. The Morgan fingerprint density at radius 3 is 1.88 bits per heavy atom. The summed E-state index contributed by atoms with van der Waals surface area (Å²) in [6.45, 7) is 5.27. The van der Waals surface area contributed by atoms with E-state index >= 15 is 0 Å². The van der Waals surface area contributed by atoms with Crippen molar-refractivity contribution in [2.45, 2.75) is 103 Å². The fourth-order valence-corrected chi connectivity index (χ4v) is 4.31. The Hall–Kier alpha value is -2.85. The summed E-state index contributed by atoms with van der Waals surface area (Å²) in [5, 5.41) is 0.273. The lowest BCUT2D eigenvalue weighted by molar-refractivity contribution is -0.161. The molecular formula is C31H43BrO9. The van der Waals surface area contributed by atoms with Gasteiger partial charge in [0.2, 0.25) is 0 Å². The van der Waals surface area contributed by atoms with Crippen LogP contribution in [-0.4, -0.2) is 66.3 Å². The molecule has 228 valence electrons. The molecule has 0 aliphatic rings. The molecule has 0 aromatic heterocycles. The first-order valence-corrected chi connectivity index (χ1v) is 15.1. The highest BCUT2D eigenvalue weighted by Crippen LogP contribution is 2.17. The van der Waals surface area contributed by atoms with Gasteiger partial charge in [-0.15, -0.1) is 0 Å². The number of halogens is 1. The largest absolute Gasteiger partial charge is 0.462 e. The van der Waals surface area contributed by atoms with E-state index in [1.807, 2.05) is 26.0 Å². The van der Waals surface area contributed by atoms with Crippen LogP contribution in [0.1, 0.15) is 88.9 Å². The molecule has 0 radical (unpaired) electrons. The summed E-state index contributed by atoms with van der Waals surface area (Å²) in [7, 11) is 1.52. The van der Waals surface area contributed by atoms with E-state index in [1.165, 1.54) is 14.0 Å². The number of hydrogen-bond donors (Lipinski definition) is 0. The Labute approximate surface area is 251 Å². The number of ketones is 2. The van der Waals surface area contributed by atoms with Crippen molar-refractivity contribution in [3.05, 3.63) is 48.0 Å². The fraction of sp³-hybridized carbons (Fsp3) is 0.581. The Kier molecular flexibility index (Phi) is 18.5. The molecule has 0 spiro atoms. The summed E-state index contributed by atoms with van der Waals surface area (Å²) < 4.78 is 21.9. The van der Waals surface area contributed by atoms with Crippen LogP contribution in [0, 0.1) is 0 Å². The third-order valence-corrected chi connectivity index (χ3v) is 6.87. The average Bonchev–Trinajstić information content (AvgIpc) is 2.94. The molecule has 0 heterocycles. The Morgan fingerprint density at radius 2 is 1.34 bits per heavy atom. The van der Waals surface area contributed by atoms with Crippen LogP contribution in [0.15, 0.2) is 42.5 Å². The maximum Gasteiger partial charge on any atom is 0.309 e. The van der Waals surface area contributed by atoms with Gasteiger partial charge < -0.3 is 18.9 Å². The van der Waals surface area contributed by atoms with Crippen LogP contribution >= 0.6 is 15.9 Å². The van der Waals surface area contributed by atoms with Gasteiger partial charge in [0.25, 0.3) is 0 Å². The number of esters is 3. The lowest BCUT2D eigenvalue weighted by atomic mass is 10.0. The lowest BCUT2D eigenvalue weighted by Gasteiger charge is -2.22. The molecule has 10 heteroatoms. The average molecular weight is 640 g/mol. The molecule has 1 rings (SSSR count). The minimum Gasteiger partial charge on any atom is -0.462 e. The predicted octanol–water partition coefficient (Wildman–Crippen LogP) is 5.71. The van der Waals surface area contributed by atoms with Crippen LogP contribution in [0.4, 0.5) is 0 Å². The number of ether oxygens (including phenoxy) is 4. The molecule has 0 N–H and O–H groups in total. The van der Waals surface area contributed by atoms with Crippen molar-refractivity contribution in [3.63, 3.8) is 0 Å². The zero-order valence-electron chi connectivity index (χ0n) is 24.5. The van der Waals surface area contributed by atoms with Crippen LogP contribution in [0.3, 0.4) is 0 Å². The van der Waals surface area contributed by atoms with Gasteiger partial charge >= 0.3 is 17.9 Å². The number of carbonyl (C=O) groups is 5. The normalized spacial score (nSPS) is 14.1. The first-order chi connectivity index (χ1) is 19.6. The lowest BCUT2D eigenvalue weighted by Crippen LogP contribution is -2.30. The quantitative estimate of drug-likeness (QED) is 0.0547. The topological polar surface area (TPSA) is 122 Å². The molecule has 0 bridgehead atoms. The second-order valence-electron chi connectivity index (χ2n) is 9.72. The minimum atomic E-state index is -0.948. The number of Topliss-reactive ketones (excluding diaryl/α,β-unsaturated/α-hetero) is 2. The van der Waals surface area contributed by atoms with Crippen LogP contribution in [0.5, 0.6) is 0 Å². The molecule has 0 saturated carbocycles. The highest BCUT2D eigenvalue weighted by Gasteiger charge is 2.26. The maximum absolute atomic E-state index is 13.0. The molecule has 1 aromatic carbocycles. The standard InChI is InChI=1S/C31H43BrO9/c1-5-7-9-14-25(39-29(35)18-24(6-2)38-4)19-30(36)40-26(15-16-28(34)23-12-10-8-11-13-23)20-31(37)41-27(21-32)17-22(3)33/h7-13,24-27H,5-6,14-21H2,1-4H3. The van der Waals surface area contributed by atoms with Crippen molar-refractivity contribution in [1.82, 2.24) is 0 Å². The van der Waals surface area contributed by atoms with E-state index in [2.05, 4.69) is 15.9 Å². The molecule has 0 aliphatic heterocycles. The van der Waals surface area contributed by atoms with Gasteiger partial charge in [0.1, 0.15) is 24.1 Å². The predicted molar refractivity (Wildman–Crippen MR) is 158 cm³/mol. The molecule has 41 heavy (non-hydrogen) atoms. The highest BCUT2D eigenvalue weighted by atomic mass is 79.9. The summed E-state index contributed by atoms with van der Waals surface area (Å²) in [5.74, 6) is -2.10. The van der Waals surface area contributed by atoms with E-state index in [1.54, 1.807) is 30.3 Å². The zero-order valence-corrected chi connectivity index (χ0v) is 26.1. The molecule has 4 atom stereocenters. The van der Waals surface area contributed by atoms with Crippen LogP contribution in [0.25, 0.3) is 0 Å². The SMILES string of the molecule is CCC=CCC(CC(=O)OC(CCC(=O)c1ccccc1)CC(=O)OC(CBr)CC(C)=O)OC(=O)CC(CC)OC. The van der Waals surface area contributed by atoms with Gasteiger partial charge in [-0.25, -0.2) is 0 Å². The first kappa shape index (κ1) is 36.2. The van der Waals surface area contributed by atoms with Crippen molar-refractivity contribution < 1.29 is 42.9 Å². The number of rotatable bonds is 21. The number of benzene rings is 1. The second-order valence-corrected chi connectivity index (χ2v) is 10.4. The first-order valence-electron chi connectivity index (χ1n) is 14.0. The van der Waals surface area contributed by atoms with Gasteiger partial charge in [0.15, 0.2) is 5.78 Å². The van der Waals surface area contributed by atoms with Crippen molar-refractivity contribution >= 4 is 45.4 Å². The molecule has 0 amide bonds. The van der Waals surface area contributed by atoms with Gasteiger partial charge in [-0.05, 0) is 26.2 Å². The van der Waals surface area contributed by atoms with Crippen molar-refractivity contribution in [1.29, 1.82) is 0 Å². The Bertz CT molecular complexity index is 989. The van der Waals surface area contributed by atoms with Gasteiger partial charge in [0.05, 0.1) is 25.4 Å². The molecule has 9 nitrogen and oxygen atoms in total. The minimum absolute atomic E-state index is 0.0393. The van der Waals surface area contributed by atoms with Gasteiger partial charge in [-0.3, -0.25) is 24.0 Å². The Morgan fingerprint density at radius 1 is 0.780 bits per heavy atom. The highest BCUT2D eigenvalue weighted by molar-refractivity contribution is 9.09. The van der Waals surface area contributed by atoms with Gasteiger partial charge in [0, 0.05) is 37.3 Å². The number of alkyl halides is 1. The molecule has 1 aromatic rings. The molecule has 0 saturated heterocycles. The smallest absolute Gasteiger partial charge is 0.309 e. The van der Waals surface area contributed by atoms with E-state index in [0.717, 1.165) is 6.42 Å².